The fourth-order valence-corrected chi connectivity index (χ4v) is 2.52. The van der Waals surface area contributed by atoms with Gasteiger partial charge in [0.1, 0.15) is 0 Å². The van der Waals surface area contributed by atoms with Crippen LogP contribution in [0.2, 0.25) is 0 Å². The molecule has 0 saturated heterocycles. The summed E-state index contributed by atoms with van der Waals surface area (Å²) in [5.74, 6) is 0.894. The number of nitrogens with one attached hydrogen (secondary N) is 1. The van der Waals surface area contributed by atoms with Crippen LogP contribution in [0.5, 0.6) is 0 Å². The van der Waals surface area contributed by atoms with E-state index in [9.17, 15) is 0 Å². The molecule has 0 radical (unpaired) electrons. The van der Waals surface area contributed by atoms with Gasteiger partial charge in [0, 0.05) is 18.1 Å². The summed E-state index contributed by atoms with van der Waals surface area (Å²) >= 11 is 0. The van der Waals surface area contributed by atoms with Crippen LogP contribution in [0.3, 0.4) is 0 Å². The number of hydrogen-bond acceptors (Lipinski definition) is 2. The molecule has 0 heterocycles. The number of likely N-dealkylation sites (N-methyl/N-ethyl adjacent to an activating group) is 2. The van der Waals surface area contributed by atoms with Crippen LogP contribution in [0.4, 0.5) is 0 Å². The van der Waals surface area contributed by atoms with Gasteiger partial charge in [0.2, 0.25) is 0 Å². The third-order valence-corrected chi connectivity index (χ3v) is 3.79. The Morgan fingerprint density at radius 1 is 1.29 bits per heavy atom. The van der Waals surface area contributed by atoms with Crippen LogP contribution >= 0.6 is 0 Å². The van der Waals surface area contributed by atoms with Crippen molar-refractivity contribution in [2.75, 3.05) is 14.1 Å². The average Bonchev–Trinajstić information content (AvgIpc) is 2.16. The van der Waals surface area contributed by atoms with Crippen LogP contribution in [0.15, 0.2) is 0 Å². The van der Waals surface area contributed by atoms with Gasteiger partial charge in [0.25, 0.3) is 0 Å². The summed E-state index contributed by atoms with van der Waals surface area (Å²) < 4.78 is 0. The second-order valence-corrected chi connectivity index (χ2v) is 5.14. The Balaban J connectivity index is 2.60. The molecule has 3 unspecified atom stereocenters. The zero-order valence-corrected chi connectivity index (χ0v) is 10.4. The van der Waals surface area contributed by atoms with E-state index < -0.39 is 0 Å². The second kappa shape index (κ2) is 5.13. The van der Waals surface area contributed by atoms with Crippen LogP contribution in [0.25, 0.3) is 0 Å². The highest BCUT2D eigenvalue weighted by Crippen LogP contribution is 2.27. The standard InChI is InChI=1S/C12H26N2/c1-9(2)14(5)12-8-10(3)6-7-11(12)13-4/h9-13H,6-8H2,1-5H3. The van der Waals surface area contributed by atoms with Crippen molar-refractivity contribution in [3.8, 4) is 0 Å². The molecule has 0 bridgehead atoms. The minimum absolute atomic E-state index is 0.654. The molecule has 1 N–H and O–H groups in total. The monoisotopic (exact) mass is 198 g/mol. The molecule has 84 valence electrons. The first kappa shape index (κ1) is 12.0. The molecule has 2 heteroatoms. The zero-order chi connectivity index (χ0) is 10.7. The zero-order valence-electron chi connectivity index (χ0n) is 10.4. The van der Waals surface area contributed by atoms with Gasteiger partial charge in [-0.15, -0.1) is 0 Å². The van der Waals surface area contributed by atoms with Crippen molar-refractivity contribution in [3.05, 3.63) is 0 Å². The predicted octanol–water partition coefficient (Wildman–Crippen LogP) is 2.10. The Labute approximate surface area is 89.1 Å². The highest BCUT2D eigenvalue weighted by molar-refractivity contribution is 4.89. The second-order valence-electron chi connectivity index (χ2n) is 5.14. The smallest absolute Gasteiger partial charge is 0.0251 e. The van der Waals surface area contributed by atoms with Gasteiger partial charge >= 0.3 is 0 Å². The molecule has 1 rings (SSSR count). The molecule has 1 aliphatic rings. The fourth-order valence-electron chi connectivity index (χ4n) is 2.52. The average molecular weight is 198 g/mol. The number of rotatable bonds is 3. The number of nitrogens with zero attached hydrogens (tertiary/aromatic N) is 1. The quantitative estimate of drug-likeness (QED) is 0.747. The summed E-state index contributed by atoms with van der Waals surface area (Å²) in [5, 5.41) is 3.47. The first-order valence-electron chi connectivity index (χ1n) is 5.95. The molecule has 0 aliphatic heterocycles. The molecule has 0 spiro atoms. The van der Waals surface area contributed by atoms with Gasteiger partial charge in [0.15, 0.2) is 0 Å². The normalized spacial score (nSPS) is 34.1. The van der Waals surface area contributed by atoms with Crippen LogP contribution in [0, 0.1) is 5.92 Å². The van der Waals surface area contributed by atoms with Gasteiger partial charge < -0.3 is 5.32 Å². The summed E-state index contributed by atoms with van der Waals surface area (Å²) in [6.45, 7) is 6.95. The van der Waals surface area contributed by atoms with Crippen LogP contribution in [0.1, 0.15) is 40.0 Å². The van der Waals surface area contributed by atoms with Crippen LogP contribution in [-0.4, -0.2) is 37.1 Å². The van der Waals surface area contributed by atoms with E-state index in [4.69, 9.17) is 0 Å². The molecule has 0 aromatic heterocycles. The SMILES string of the molecule is CNC1CCC(C)CC1N(C)C(C)C. The van der Waals surface area contributed by atoms with Gasteiger partial charge in [-0.2, -0.15) is 0 Å². The molecular formula is C12H26N2. The third kappa shape index (κ3) is 2.71. The van der Waals surface area contributed by atoms with E-state index >= 15 is 0 Å². The van der Waals surface area contributed by atoms with Crippen LogP contribution in [-0.2, 0) is 0 Å². The third-order valence-electron chi connectivity index (χ3n) is 3.79. The topological polar surface area (TPSA) is 15.3 Å². The molecule has 2 nitrogen and oxygen atoms in total. The Hall–Kier alpha value is -0.0800. The maximum absolute atomic E-state index is 3.47. The molecular weight excluding hydrogens is 172 g/mol. The van der Waals surface area contributed by atoms with Crippen LogP contribution < -0.4 is 5.32 Å². The highest BCUT2D eigenvalue weighted by Gasteiger charge is 2.31. The molecule has 14 heavy (non-hydrogen) atoms. The van der Waals surface area contributed by atoms with E-state index in [0.717, 1.165) is 12.0 Å². The first-order valence-corrected chi connectivity index (χ1v) is 5.95. The van der Waals surface area contributed by atoms with Crippen molar-refractivity contribution in [2.45, 2.75) is 58.2 Å². The van der Waals surface area contributed by atoms with Gasteiger partial charge in [-0.05, 0) is 53.1 Å². The van der Waals surface area contributed by atoms with Crippen molar-refractivity contribution < 1.29 is 0 Å². The van der Waals surface area contributed by atoms with E-state index in [0.29, 0.717) is 12.1 Å². The molecule has 0 amide bonds. The van der Waals surface area contributed by atoms with E-state index in [-0.39, 0.29) is 0 Å². The molecule has 3 atom stereocenters. The Kier molecular flexibility index (Phi) is 4.39. The van der Waals surface area contributed by atoms with Crippen molar-refractivity contribution in [3.63, 3.8) is 0 Å². The van der Waals surface area contributed by atoms with Gasteiger partial charge in [-0.1, -0.05) is 6.92 Å². The summed E-state index contributed by atoms with van der Waals surface area (Å²) in [7, 11) is 4.36. The summed E-state index contributed by atoms with van der Waals surface area (Å²) in [6.07, 6.45) is 4.06. The van der Waals surface area contributed by atoms with Crippen molar-refractivity contribution in [1.82, 2.24) is 10.2 Å². The predicted molar refractivity (Wildman–Crippen MR) is 62.5 cm³/mol. The van der Waals surface area contributed by atoms with Crippen molar-refractivity contribution in [1.29, 1.82) is 0 Å². The minimum atomic E-state index is 0.654. The summed E-state index contributed by atoms with van der Waals surface area (Å²) in [5.41, 5.74) is 0. The van der Waals surface area contributed by atoms with E-state index in [2.05, 4.69) is 45.1 Å². The van der Waals surface area contributed by atoms with Gasteiger partial charge in [-0.3, -0.25) is 4.90 Å². The van der Waals surface area contributed by atoms with E-state index in [1.165, 1.54) is 19.3 Å². The largest absolute Gasteiger partial charge is 0.315 e. The fraction of sp³-hybridized carbons (Fsp3) is 1.00. The first-order chi connectivity index (χ1) is 6.56. The molecule has 1 aliphatic carbocycles. The Bertz CT molecular complexity index is 166. The van der Waals surface area contributed by atoms with E-state index in [1.54, 1.807) is 0 Å². The molecule has 0 aromatic rings. The molecule has 0 aromatic carbocycles. The van der Waals surface area contributed by atoms with E-state index in [1.807, 2.05) is 0 Å². The van der Waals surface area contributed by atoms with Crippen molar-refractivity contribution >= 4 is 0 Å². The maximum atomic E-state index is 3.47. The highest BCUT2D eigenvalue weighted by atomic mass is 15.2. The lowest BCUT2D eigenvalue weighted by molar-refractivity contribution is 0.103. The van der Waals surface area contributed by atoms with Crippen molar-refractivity contribution in [2.24, 2.45) is 5.92 Å². The lowest BCUT2D eigenvalue weighted by atomic mass is 9.82. The Morgan fingerprint density at radius 3 is 2.43 bits per heavy atom. The maximum Gasteiger partial charge on any atom is 0.0251 e. The Morgan fingerprint density at radius 2 is 1.93 bits per heavy atom. The molecule has 1 fully saturated rings. The van der Waals surface area contributed by atoms with Gasteiger partial charge in [-0.25, -0.2) is 0 Å². The number of hydrogen-bond donors (Lipinski definition) is 1. The molecule has 1 saturated carbocycles. The summed E-state index contributed by atoms with van der Waals surface area (Å²) in [6, 6.07) is 2.07. The minimum Gasteiger partial charge on any atom is -0.315 e. The summed E-state index contributed by atoms with van der Waals surface area (Å²) in [4.78, 5) is 2.52. The lowest BCUT2D eigenvalue weighted by Crippen LogP contribution is -2.52. The lowest BCUT2D eigenvalue weighted by Gasteiger charge is -2.42. The van der Waals surface area contributed by atoms with Gasteiger partial charge in [0.05, 0.1) is 0 Å².